The van der Waals surface area contributed by atoms with Crippen molar-refractivity contribution in [2.75, 3.05) is 26.6 Å². The molecular weight excluding hydrogens is 276 g/mol. The van der Waals surface area contributed by atoms with Gasteiger partial charge in [-0.2, -0.15) is 4.98 Å². The van der Waals surface area contributed by atoms with Gasteiger partial charge in [0.15, 0.2) is 5.13 Å². The summed E-state index contributed by atoms with van der Waals surface area (Å²) in [6.45, 7) is 1.92. The van der Waals surface area contributed by atoms with Crippen LogP contribution in [0.5, 0.6) is 11.8 Å². The highest BCUT2D eigenvalue weighted by Gasteiger charge is 2.07. The maximum Gasteiger partial charge on any atom is 0.279 e. The van der Waals surface area contributed by atoms with E-state index in [1.54, 1.807) is 6.20 Å². The largest absolute Gasteiger partial charge is 0.477 e. The molecule has 0 aliphatic heterocycles. The van der Waals surface area contributed by atoms with Crippen molar-refractivity contribution >= 4 is 16.5 Å². The van der Waals surface area contributed by atoms with E-state index < -0.39 is 0 Å². The molecular formula is C13H14N4O2S. The topological polar surface area (TPSA) is 69.2 Å². The molecule has 7 heteroatoms. The van der Waals surface area contributed by atoms with Gasteiger partial charge >= 0.3 is 0 Å². The van der Waals surface area contributed by atoms with E-state index in [2.05, 4.69) is 32.1 Å². The van der Waals surface area contributed by atoms with Gasteiger partial charge in [-0.05, 0) is 18.8 Å². The van der Waals surface area contributed by atoms with Crippen LogP contribution in [0, 0.1) is 18.8 Å². The standard InChI is InChI=1S/C13H14N4O2S/c1-8-10(20-13(14-2)16-8)6-5-9-7-15-11(18-3)12(17-9)19-4/h7H,1-4H3,(H,14,16). The number of ether oxygens (including phenoxy) is 2. The number of hydrogen-bond donors (Lipinski definition) is 1. The summed E-state index contributed by atoms with van der Waals surface area (Å²) in [6.07, 6.45) is 1.55. The molecule has 1 N–H and O–H groups in total. The third-order valence-corrected chi connectivity index (χ3v) is 3.50. The molecule has 0 radical (unpaired) electrons. The third-order valence-electron chi connectivity index (χ3n) is 2.41. The molecule has 0 aromatic carbocycles. The number of anilines is 1. The van der Waals surface area contributed by atoms with Crippen LogP contribution in [-0.2, 0) is 0 Å². The van der Waals surface area contributed by atoms with Crippen molar-refractivity contribution < 1.29 is 9.47 Å². The minimum absolute atomic E-state index is 0.316. The van der Waals surface area contributed by atoms with Gasteiger partial charge in [-0.15, -0.1) is 0 Å². The lowest BCUT2D eigenvalue weighted by atomic mass is 10.3. The van der Waals surface area contributed by atoms with Gasteiger partial charge in [0.05, 0.1) is 26.1 Å². The Kier molecular flexibility index (Phi) is 4.38. The number of aromatic nitrogens is 3. The summed E-state index contributed by atoms with van der Waals surface area (Å²) in [5.41, 5.74) is 1.40. The van der Waals surface area contributed by atoms with Crippen LogP contribution in [0.3, 0.4) is 0 Å². The molecule has 0 bridgehead atoms. The van der Waals surface area contributed by atoms with E-state index in [1.165, 1.54) is 25.6 Å². The van der Waals surface area contributed by atoms with E-state index in [1.807, 2.05) is 14.0 Å². The van der Waals surface area contributed by atoms with Crippen LogP contribution < -0.4 is 14.8 Å². The van der Waals surface area contributed by atoms with Gasteiger partial charge in [-0.25, -0.2) is 9.97 Å². The van der Waals surface area contributed by atoms with Gasteiger partial charge in [0, 0.05) is 7.05 Å². The number of aryl methyl sites for hydroxylation is 1. The van der Waals surface area contributed by atoms with Crippen molar-refractivity contribution in [3.05, 3.63) is 22.5 Å². The Morgan fingerprint density at radius 3 is 2.50 bits per heavy atom. The summed E-state index contributed by atoms with van der Waals surface area (Å²) in [6, 6.07) is 0. The third kappa shape index (κ3) is 2.97. The van der Waals surface area contributed by atoms with Gasteiger partial charge in [-0.3, -0.25) is 0 Å². The Morgan fingerprint density at radius 1 is 1.15 bits per heavy atom. The minimum Gasteiger partial charge on any atom is -0.477 e. The molecule has 0 spiro atoms. The fourth-order valence-electron chi connectivity index (χ4n) is 1.43. The quantitative estimate of drug-likeness (QED) is 0.868. The van der Waals surface area contributed by atoms with Crippen LogP contribution in [0.2, 0.25) is 0 Å². The van der Waals surface area contributed by atoms with E-state index in [9.17, 15) is 0 Å². The Balaban J connectivity index is 2.30. The first-order valence-electron chi connectivity index (χ1n) is 5.80. The molecule has 2 rings (SSSR count). The zero-order valence-electron chi connectivity index (χ0n) is 11.6. The lowest BCUT2D eigenvalue weighted by Gasteiger charge is -2.03. The highest BCUT2D eigenvalue weighted by Crippen LogP contribution is 2.22. The summed E-state index contributed by atoms with van der Waals surface area (Å²) in [5.74, 6) is 6.64. The van der Waals surface area contributed by atoms with Crippen LogP contribution in [-0.4, -0.2) is 36.2 Å². The molecule has 2 heterocycles. The fourth-order valence-corrected chi connectivity index (χ4v) is 2.21. The number of thiazole rings is 1. The average molecular weight is 290 g/mol. The average Bonchev–Trinajstić information content (AvgIpc) is 2.85. The van der Waals surface area contributed by atoms with E-state index in [0.717, 1.165) is 15.7 Å². The van der Waals surface area contributed by atoms with Crippen molar-refractivity contribution in [1.82, 2.24) is 15.0 Å². The molecule has 0 aliphatic rings. The molecule has 0 fully saturated rings. The van der Waals surface area contributed by atoms with Gasteiger partial charge in [0.1, 0.15) is 10.6 Å². The molecule has 2 aromatic heterocycles. The zero-order valence-corrected chi connectivity index (χ0v) is 12.5. The molecule has 0 unspecified atom stereocenters. The van der Waals surface area contributed by atoms with Crippen LogP contribution in [0.15, 0.2) is 6.20 Å². The smallest absolute Gasteiger partial charge is 0.279 e. The summed E-state index contributed by atoms with van der Waals surface area (Å²) in [7, 11) is 4.85. The first-order chi connectivity index (χ1) is 9.67. The maximum atomic E-state index is 5.09. The van der Waals surface area contributed by atoms with E-state index >= 15 is 0 Å². The SMILES string of the molecule is CNc1nc(C)c(C#Cc2cnc(OC)c(OC)n2)s1. The van der Waals surface area contributed by atoms with Crippen molar-refractivity contribution in [3.63, 3.8) is 0 Å². The van der Waals surface area contributed by atoms with Crippen LogP contribution in [0.4, 0.5) is 5.13 Å². The molecule has 0 saturated carbocycles. The summed E-state index contributed by atoms with van der Waals surface area (Å²) < 4.78 is 10.1. The van der Waals surface area contributed by atoms with E-state index in [4.69, 9.17) is 9.47 Å². The Hall–Kier alpha value is -2.33. The van der Waals surface area contributed by atoms with Gasteiger partial charge < -0.3 is 14.8 Å². The number of nitrogens with one attached hydrogen (secondary N) is 1. The zero-order chi connectivity index (χ0) is 14.5. The van der Waals surface area contributed by atoms with Crippen LogP contribution in [0.1, 0.15) is 16.3 Å². The first kappa shape index (κ1) is 14.1. The van der Waals surface area contributed by atoms with Crippen molar-refractivity contribution in [2.45, 2.75) is 6.92 Å². The molecule has 6 nitrogen and oxygen atoms in total. The second-order valence-electron chi connectivity index (χ2n) is 3.71. The predicted molar refractivity (Wildman–Crippen MR) is 77.5 cm³/mol. The molecule has 0 amide bonds. The summed E-state index contributed by atoms with van der Waals surface area (Å²) in [4.78, 5) is 13.5. The van der Waals surface area contributed by atoms with E-state index in [-0.39, 0.29) is 0 Å². The van der Waals surface area contributed by atoms with Crippen LogP contribution >= 0.6 is 11.3 Å². The molecule has 20 heavy (non-hydrogen) atoms. The van der Waals surface area contributed by atoms with E-state index in [0.29, 0.717) is 17.5 Å². The van der Waals surface area contributed by atoms with Crippen LogP contribution in [0.25, 0.3) is 0 Å². The predicted octanol–water partition coefficient (Wildman–Crippen LogP) is 1.70. The number of hydrogen-bond acceptors (Lipinski definition) is 7. The highest BCUT2D eigenvalue weighted by atomic mass is 32.1. The van der Waals surface area contributed by atoms with Gasteiger partial charge in [0.25, 0.3) is 11.8 Å². The molecule has 0 atom stereocenters. The number of methoxy groups -OCH3 is 2. The molecule has 104 valence electrons. The highest BCUT2D eigenvalue weighted by molar-refractivity contribution is 7.16. The lowest BCUT2D eigenvalue weighted by Crippen LogP contribution is -1.97. The normalized spacial score (nSPS) is 9.60. The van der Waals surface area contributed by atoms with Crippen molar-refractivity contribution in [3.8, 4) is 23.6 Å². The Morgan fingerprint density at radius 2 is 1.90 bits per heavy atom. The second-order valence-corrected chi connectivity index (χ2v) is 4.71. The molecule has 2 aromatic rings. The first-order valence-corrected chi connectivity index (χ1v) is 6.61. The fraction of sp³-hybridized carbons (Fsp3) is 0.308. The minimum atomic E-state index is 0.316. The molecule has 0 saturated heterocycles. The maximum absolute atomic E-state index is 5.09. The van der Waals surface area contributed by atoms with Gasteiger partial charge in [0.2, 0.25) is 0 Å². The lowest BCUT2D eigenvalue weighted by molar-refractivity contribution is 0.331. The van der Waals surface area contributed by atoms with Crippen molar-refractivity contribution in [1.29, 1.82) is 0 Å². The Labute approximate surface area is 121 Å². The monoisotopic (exact) mass is 290 g/mol. The van der Waals surface area contributed by atoms with Crippen molar-refractivity contribution in [2.24, 2.45) is 0 Å². The molecule has 0 aliphatic carbocycles. The summed E-state index contributed by atoms with van der Waals surface area (Å²) in [5, 5.41) is 3.83. The number of rotatable bonds is 3. The number of nitrogens with zero attached hydrogens (tertiary/aromatic N) is 3. The Bertz CT molecular complexity index is 673. The summed E-state index contributed by atoms with van der Waals surface area (Å²) >= 11 is 1.50. The van der Waals surface area contributed by atoms with Gasteiger partial charge in [-0.1, -0.05) is 11.3 Å². The second kappa shape index (κ2) is 6.21.